The molecular formula is C23H25F3N6O5. The molecule has 2 aliphatic rings. The molecule has 37 heavy (non-hydrogen) atoms. The SMILES string of the molecule is COC(=O)c1cn2c([C@H]3CCC[C@@H](Nc4ncc(C(F)(F)F)c(OC5COC5)n4)C3)nnc2cc1OC. The van der Waals surface area contributed by atoms with Gasteiger partial charge in [0.25, 0.3) is 0 Å². The summed E-state index contributed by atoms with van der Waals surface area (Å²) in [7, 11) is 2.74. The van der Waals surface area contributed by atoms with Gasteiger partial charge in [-0.05, 0) is 19.3 Å². The van der Waals surface area contributed by atoms with Crippen LogP contribution < -0.4 is 14.8 Å². The zero-order chi connectivity index (χ0) is 26.2. The largest absolute Gasteiger partial charge is 0.496 e. The van der Waals surface area contributed by atoms with E-state index < -0.39 is 29.7 Å². The van der Waals surface area contributed by atoms with Crippen LogP contribution in [0.4, 0.5) is 19.1 Å². The first-order chi connectivity index (χ1) is 17.8. The number of hydrogen-bond donors (Lipinski definition) is 1. The van der Waals surface area contributed by atoms with E-state index >= 15 is 0 Å². The molecule has 2 fully saturated rings. The van der Waals surface area contributed by atoms with E-state index in [4.69, 9.17) is 18.9 Å². The molecule has 1 saturated carbocycles. The number of hydrogen-bond acceptors (Lipinski definition) is 10. The molecule has 4 heterocycles. The Balaban J connectivity index is 1.36. The highest BCUT2D eigenvalue weighted by Crippen LogP contribution is 2.37. The quantitative estimate of drug-likeness (QED) is 0.463. The van der Waals surface area contributed by atoms with Crippen LogP contribution in [0.3, 0.4) is 0 Å². The summed E-state index contributed by atoms with van der Waals surface area (Å²) >= 11 is 0. The first-order valence-electron chi connectivity index (χ1n) is 11.7. The lowest BCUT2D eigenvalue weighted by Gasteiger charge is -2.30. The summed E-state index contributed by atoms with van der Waals surface area (Å²) in [4.78, 5) is 20.2. The molecule has 0 radical (unpaired) electrons. The average Bonchev–Trinajstić information content (AvgIpc) is 3.27. The van der Waals surface area contributed by atoms with Crippen LogP contribution in [-0.2, 0) is 15.7 Å². The topological polar surface area (TPSA) is 122 Å². The maximum atomic E-state index is 13.4. The highest BCUT2D eigenvalue weighted by molar-refractivity contribution is 5.92. The van der Waals surface area contributed by atoms with Gasteiger partial charge in [0.1, 0.15) is 28.8 Å². The molecule has 14 heteroatoms. The monoisotopic (exact) mass is 522 g/mol. The molecule has 3 aromatic rings. The van der Waals surface area contributed by atoms with E-state index in [1.807, 2.05) is 0 Å². The van der Waals surface area contributed by atoms with E-state index in [0.29, 0.717) is 23.6 Å². The summed E-state index contributed by atoms with van der Waals surface area (Å²) in [6.07, 6.45) is 0.246. The summed E-state index contributed by atoms with van der Waals surface area (Å²) in [5.41, 5.74) is -0.271. The number of alkyl halides is 3. The third-order valence-electron chi connectivity index (χ3n) is 6.48. The Bertz CT molecular complexity index is 1300. The highest BCUT2D eigenvalue weighted by atomic mass is 19.4. The lowest BCUT2D eigenvalue weighted by molar-refractivity contribution is -0.142. The van der Waals surface area contributed by atoms with Gasteiger partial charge in [-0.15, -0.1) is 10.2 Å². The Labute approximate surface area is 209 Å². The Morgan fingerprint density at radius 1 is 1.22 bits per heavy atom. The van der Waals surface area contributed by atoms with E-state index in [0.717, 1.165) is 25.5 Å². The number of ether oxygens (including phenoxy) is 4. The Kier molecular flexibility index (Phi) is 6.75. The van der Waals surface area contributed by atoms with Crippen molar-refractivity contribution >= 4 is 17.6 Å². The molecule has 1 aliphatic carbocycles. The van der Waals surface area contributed by atoms with Gasteiger partial charge in [0.05, 0.1) is 27.4 Å². The highest BCUT2D eigenvalue weighted by Gasteiger charge is 2.38. The molecule has 0 bridgehead atoms. The van der Waals surface area contributed by atoms with Gasteiger partial charge in [-0.25, -0.2) is 9.78 Å². The number of esters is 1. The third kappa shape index (κ3) is 5.10. The van der Waals surface area contributed by atoms with Crippen LogP contribution in [0.25, 0.3) is 5.65 Å². The molecular weight excluding hydrogens is 497 g/mol. The van der Waals surface area contributed by atoms with Gasteiger partial charge in [0, 0.05) is 30.4 Å². The fourth-order valence-corrected chi connectivity index (χ4v) is 4.54. The van der Waals surface area contributed by atoms with Crippen LogP contribution in [-0.4, -0.2) is 70.1 Å². The third-order valence-corrected chi connectivity index (χ3v) is 6.48. The summed E-state index contributed by atoms with van der Waals surface area (Å²) in [6, 6.07) is 1.49. The number of rotatable bonds is 7. The first kappa shape index (κ1) is 25.0. The lowest BCUT2D eigenvalue weighted by Crippen LogP contribution is -2.39. The molecule has 11 nitrogen and oxygen atoms in total. The number of methoxy groups -OCH3 is 2. The van der Waals surface area contributed by atoms with Gasteiger partial charge >= 0.3 is 12.1 Å². The van der Waals surface area contributed by atoms with Crippen LogP contribution in [0.2, 0.25) is 0 Å². The maximum absolute atomic E-state index is 13.4. The fourth-order valence-electron chi connectivity index (χ4n) is 4.54. The second-order valence-corrected chi connectivity index (χ2v) is 8.93. The van der Waals surface area contributed by atoms with Crippen molar-refractivity contribution in [2.45, 2.75) is 49.9 Å². The smallest absolute Gasteiger partial charge is 0.423 e. The normalized spacial score (nSPS) is 20.4. The predicted molar refractivity (Wildman–Crippen MR) is 122 cm³/mol. The van der Waals surface area contributed by atoms with E-state index in [1.54, 1.807) is 16.7 Å². The van der Waals surface area contributed by atoms with Crippen molar-refractivity contribution in [1.82, 2.24) is 24.6 Å². The molecule has 0 amide bonds. The van der Waals surface area contributed by atoms with Crippen LogP contribution in [0.5, 0.6) is 11.6 Å². The van der Waals surface area contributed by atoms with Crippen molar-refractivity contribution in [2.24, 2.45) is 0 Å². The molecule has 0 aromatic carbocycles. The molecule has 3 aromatic heterocycles. The number of carbonyl (C=O) groups is 1. The van der Waals surface area contributed by atoms with E-state index in [9.17, 15) is 18.0 Å². The van der Waals surface area contributed by atoms with Crippen molar-refractivity contribution in [3.05, 3.63) is 35.4 Å². The summed E-state index contributed by atoms with van der Waals surface area (Å²) < 4.78 is 62.6. The minimum absolute atomic E-state index is 0.0302. The second kappa shape index (κ2) is 10.00. The van der Waals surface area contributed by atoms with Gasteiger partial charge in [-0.3, -0.25) is 4.40 Å². The average molecular weight is 522 g/mol. The van der Waals surface area contributed by atoms with Crippen LogP contribution in [0.1, 0.15) is 53.3 Å². The van der Waals surface area contributed by atoms with Crippen molar-refractivity contribution in [1.29, 1.82) is 0 Å². The molecule has 0 spiro atoms. The number of fused-ring (bicyclic) bond motifs is 1. The zero-order valence-corrected chi connectivity index (χ0v) is 20.1. The lowest BCUT2D eigenvalue weighted by atomic mass is 9.85. The van der Waals surface area contributed by atoms with Gasteiger partial charge < -0.3 is 24.3 Å². The molecule has 0 unspecified atom stereocenters. The summed E-state index contributed by atoms with van der Waals surface area (Å²) in [6.45, 7) is 0.425. The van der Waals surface area contributed by atoms with Crippen LogP contribution in [0.15, 0.2) is 18.5 Å². The molecule has 2 atom stereocenters. The summed E-state index contributed by atoms with van der Waals surface area (Å²) in [5.74, 6) is -0.0508. The van der Waals surface area contributed by atoms with Gasteiger partial charge in [0.15, 0.2) is 5.65 Å². The molecule has 1 aliphatic heterocycles. The van der Waals surface area contributed by atoms with Crippen LogP contribution >= 0.6 is 0 Å². The van der Waals surface area contributed by atoms with Crippen molar-refractivity contribution in [2.75, 3.05) is 32.8 Å². The standard InChI is InChI=1S/C23H25F3N6O5/c1-34-17-7-18-30-31-19(32(18)9-15(17)21(33)35-2)12-4-3-5-13(6-12)28-22-27-8-16(23(24,25)26)20(29-22)37-14-10-36-11-14/h7-9,12-14H,3-6,10-11H2,1-2H3,(H,27,28,29)/t12-,13+/m0/s1. The van der Waals surface area contributed by atoms with Gasteiger partial charge in [-0.1, -0.05) is 6.42 Å². The summed E-state index contributed by atoms with van der Waals surface area (Å²) in [5, 5.41) is 11.7. The first-order valence-corrected chi connectivity index (χ1v) is 11.7. The number of nitrogens with zero attached hydrogens (tertiary/aromatic N) is 5. The number of anilines is 1. The predicted octanol–water partition coefficient (Wildman–Crippen LogP) is 3.25. The van der Waals surface area contributed by atoms with E-state index in [1.165, 1.54) is 14.2 Å². The Morgan fingerprint density at radius 3 is 2.70 bits per heavy atom. The number of pyridine rings is 1. The number of halogens is 3. The maximum Gasteiger partial charge on any atom is 0.423 e. The van der Waals surface area contributed by atoms with Gasteiger partial charge in [-0.2, -0.15) is 18.2 Å². The van der Waals surface area contributed by atoms with Crippen molar-refractivity contribution in [3.63, 3.8) is 0 Å². The number of carbonyl (C=O) groups excluding carboxylic acids is 1. The van der Waals surface area contributed by atoms with Gasteiger partial charge in [0.2, 0.25) is 11.8 Å². The minimum atomic E-state index is -4.64. The Morgan fingerprint density at radius 2 is 2.03 bits per heavy atom. The fraction of sp³-hybridized carbons (Fsp3) is 0.522. The zero-order valence-electron chi connectivity index (χ0n) is 20.1. The van der Waals surface area contributed by atoms with E-state index in [-0.39, 0.29) is 36.7 Å². The van der Waals surface area contributed by atoms with Crippen LogP contribution in [0, 0.1) is 0 Å². The number of nitrogens with one attached hydrogen (secondary N) is 1. The molecule has 198 valence electrons. The van der Waals surface area contributed by atoms with E-state index in [2.05, 4.69) is 25.5 Å². The number of aromatic nitrogens is 5. The molecule has 1 saturated heterocycles. The minimum Gasteiger partial charge on any atom is -0.496 e. The Hall–Kier alpha value is -3.68. The second-order valence-electron chi connectivity index (χ2n) is 8.93. The van der Waals surface area contributed by atoms with Crippen molar-refractivity contribution in [3.8, 4) is 11.6 Å². The van der Waals surface area contributed by atoms with Crippen molar-refractivity contribution < 1.29 is 36.9 Å². The molecule has 1 N–H and O–H groups in total. The molecule has 5 rings (SSSR count).